The van der Waals surface area contributed by atoms with Crippen molar-refractivity contribution in [1.29, 1.82) is 0 Å². The average Bonchev–Trinajstić information content (AvgIpc) is 2.27. The van der Waals surface area contributed by atoms with E-state index in [-0.39, 0.29) is 6.61 Å². The summed E-state index contributed by atoms with van der Waals surface area (Å²) in [6.45, 7) is 4.96. The van der Waals surface area contributed by atoms with Crippen LogP contribution in [0.2, 0.25) is 0 Å². The average molecular weight is 328 g/mol. The van der Waals surface area contributed by atoms with Gasteiger partial charge in [-0.3, -0.25) is 4.79 Å². The Labute approximate surface area is 126 Å². The van der Waals surface area contributed by atoms with Gasteiger partial charge in [0.15, 0.2) is 15.3 Å². The molecule has 2 aliphatic rings. The summed E-state index contributed by atoms with van der Waals surface area (Å²) >= 11 is 18.6. The van der Waals surface area contributed by atoms with Gasteiger partial charge in [0.05, 0.1) is 6.61 Å². The van der Waals surface area contributed by atoms with Gasteiger partial charge in [0, 0.05) is 6.08 Å². The van der Waals surface area contributed by atoms with Crippen molar-refractivity contribution < 1.29 is 19.1 Å². The van der Waals surface area contributed by atoms with Gasteiger partial charge >= 0.3 is 11.9 Å². The summed E-state index contributed by atoms with van der Waals surface area (Å²) < 4.78 is 8.71. The Morgan fingerprint density at radius 3 is 2.63 bits per heavy atom. The van der Waals surface area contributed by atoms with Crippen LogP contribution in [0.1, 0.15) is 20.8 Å². The number of fused-ring (bicyclic) bond motifs is 1. The number of esters is 2. The van der Waals surface area contributed by atoms with Gasteiger partial charge < -0.3 is 9.47 Å². The van der Waals surface area contributed by atoms with Gasteiger partial charge in [-0.1, -0.05) is 23.2 Å². The van der Waals surface area contributed by atoms with E-state index in [0.29, 0.717) is 5.57 Å². The number of halogens is 3. The summed E-state index contributed by atoms with van der Waals surface area (Å²) in [4.78, 5) is 23.9. The molecule has 1 fully saturated rings. The number of alkyl halides is 3. The maximum atomic E-state index is 12.4. The van der Waals surface area contributed by atoms with Crippen molar-refractivity contribution >= 4 is 46.7 Å². The van der Waals surface area contributed by atoms with E-state index in [1.165, 1.54) is 6.08 Å². The van der Waals surface area contributed by atoms with E-state index < -0.39 is 32.7 Å². The minimum atomic E-state index is -1.60. The molecule has 3 atom stereocenters. The van der Waals surface area contributed by atoms with Crippen LogP contribution in [0.4, 0.5) is 0 Å². The largest absolute Gasteiger partial charge is 0.465 e. The van der Waals surface area contributed by atoms with Crippen LogP contribution in [0.3, 0.4) is 0 Å². The highest BCUT2D eigenvalue weighted by Gasteiger charge is 2.85. The van der Waals surface area contributed by atoms with Crippen LogP contribution in [-0.4, -0.2) is 33.9 Å². The number of ether oxygens (including phenoxy) is 2. The molecule has 106 valence electrons. The first-order valence-electron chi connectivity index (χ1n) is 5.77. The third-order valence-electron chi connectivity index (χ3n) is 3.87. The van der Waals surface area contributed by atoms with E-state index in [1.807, 2.05) is 0 Å². The predicted molar refractivity (Wildman–Crippen MR) is 71.4 cm³/mol. The minimum absolute atomic E-state index is 0.161. The monoisotopic (exact) mass is 326 g/mol. The van der Waals surface area contributed by atoms with Crippen molar-refractivity contribution in [2.75, 3.05) is 6.61 Å². The minimum Gasteiger partial charge on any atom is -0.465 e. The fourth-order valence-corrected chi connectivity index (χ4v) is 4.64. The number of hydrogen-bond donors (Lipinski definition) is 0. The summed E-state index contributed by atoms with van der Waals surface area (Å²) in [6, 6.07) is 0. The maximum Gasteiger partial charge on any atom is 0.331 e. The van der Waals surface area contributed by atoms with Crippen molar-refractivity contribution in [2.24, 2.45) is 5.41 Å². The van der Waals surface area contributed by atoms with Gasteiger partial charge in [-0.15, -0.1) is 11.6 Å². The maximum absolute atomic E-state index is 12.4. The van der Waals surface area contributed by atoms with E-state index in [2.05, 4.69) is 0 Å². The molecule has 0 aromatic rings. The lowest BCUT2D eigenvalue weighted by Gasteiger charge is -2.65. The summed E-state index contributed by atoms with van der Waals surface area (Å²) in [5, 5.41) is -0.916. The molecule has 1 heterocycles. The first-order valence-corrected chi connectivity index (χ1v) is 6.96. The molecule has 2 rings (SSSR count). The van der Waals surface area contributed by atoms with Crippen molar-refractivity contribution in [1.82, 2.24) is 0 Å². The third kappa shape index (κ3) is 1.48. The molecule has 0 bridgehead atoms. The first-order chi connectivity index (χ1) is 8.66. The van der Waals surface area contributed by atoms with Crippen LogP contribution in [-0.2, 0) is 19.1 Å². The second-order valence-corrected chi connectivity index (χ2v) is 6.63. The SMILES string of the molecule is CCOC(=O)[C@@]12C(C)=CC(=O)O[C@]1(C)C(Cl)C2(Cl)Cl. The lowest BCUT2D eigenvalue weighted by Crippen LogP contribution is -2.82. The third-order valence-corrected chi connectivity index (χ3v) is 5.84. The van der Waals surface area contributed by atoms with Crippen LogP contribution in [0.15, 0.2) is 11.6 Å². The van der Waals surface area contributed by atoms with Crippen LogP contribution in [0, 0.1) is 5.41 Å². The Hall–Kier alpha value is -0.450. The number of hydrogen-bond acceptors (Lipinski definition) is 4. The molecular weight excluding hydrogens is 314 g/mol. The molecule has 0 aromatic heterocycles. The zero-order valence-corrected chi connectivity index (χ0v) is 12.9. The molecule has 1 aliphatic heterocycles. The smallest absolute Gasteiger partial charge is 0.331 e. The highest BCUT2D eigenvalue weighted by atomic mass is 35.5. The summed E-state index contributed by atoms with van der Waals surface area (Å²) in [5.74, 6) is -1.21. The number of carbonyl (C=O) groups is 2. The Kier molecular flexibility index (Phi) is 3.36. The van der Waals surface area contributed by atoms with Crippen molar-refractivity contribution in [3.8, 4) is 0 Å². The van der Waals surface area contributed by atoms with Crippen molar-refractivity contribution in [3.63, 3.8) is 0 Å². The van der Waals surface area contributed by atoms with Gasteiger partial charge in [0.2, 0.25) is 0 Å². The quantitative estimate of drug-likeness (QED) is 0.578. The molecule has 4 nitrogen and oxygen atoms in total. The van der Waals surface area contributed by atoms with Crippen molar-refractivity contribution in [2.45, 2.75) is 36.1 Å². The number of carbonyl (C=O) groups excluding carboxylic acids is 2. The van der Waals surface area contributed by atoms with Crippen molar-refractivity contribution in [3.05, 3.63) is 11.6 Å². The zero-order chi connectivity index (χ0) is 14.6. The fraction of sp³-hybridized carbons (Fsp3) is 0.667. The van der Waals surface area contributed by atoms with E-state index in [9.17, 15) is 9.59 Å². The van der Waals surface area contributed by atoms with Gasteiger partial charge in [0.1, 0.15) is 5.38 Å². The zero-order valence-electron chi connectivity index (χ0n) is 10.6. The Bertz CT molecular complexity index is 487. The van der Waals surface area contributed by atoms with E-state index in [0.717, 1.165) is 0 Å². The van der Waals surface area contributed by atoms with Crippen LogP contribution >= 0.6 is 34.8 Å². The molecule has 1 saturated carbocycles. The lowest BCUT2D eigenvalue weighted by atomic mass is 9.51. The Balaban J connectivity index is 2.64. The highest BCUT2D eigenvalue weighted by molar-refractivity contribution is 6.56. The molecule has 7 heteroatoms. The second kappa shape index (κ2) is 4.27. The van der Waals surface area contributed by atoms with E-state index in [1.54, 1.807) is 20.8 Å². The predicted octanol–water partition coefficient (Wildman–Crippen LogP) is 2.59. The van der Waals surface area contributed by atoms with E-state index in [4.69, 9.17) is 44.3 Å². The van der Waals surface area contributed by atoms with Crippen LogP contribution < -0.4 is 0 Å². The molecule has 0 spiro atoms. The second-order valence-electron chi connectivity index (χ2n) is 4.81. The highest BCUT2D eigenvalue weighted by Crippen LogP contribution is 2.71. The molecule has 0 radical (unpaired) electrons. The molecule has 0 N–H and O–H groups in total. The van der Waals surface area contributed by atoms with Crippen LogP contribution in [0.25, 0.3) is 0 Å². The summed E-state index contributed by atoms with van der Waals surface area (Å²) in [5.41, 5.74) is -2.40. The molecule has 0 amide bonds. The van der Waals surface area contributed by atoms with Gasteiger partial charge in [-0.05, 0) is 26.3 Å². The van der Waals surface area contributed by atoms with E-state index >= 15 is 0 Å². The summed E-state index contributed by atoms with van der Waals surface area (Å²) in [6.07, 6.45) is 1.20. The number of rotatable bonds is 2. The topological polar surface area (TPSA) is 52.6 Å². The van der Waals surface area contributed by atoms with Gasteiger partial charge in [-0.25, -0.2) is 4.79 Å². The fourth-order valence-electron chi connectivity index (χ4n) is 3.02. The van der Waals surface area contributed by atoms with Gasteiger partial charge in [0.25, 0.3) is 0 Å². The standard InChI is InChI=1S/C12H13Cl3O4/c1-4-18-9(17)11-6(2)5-7(16)19-10(11,3)8(13)12(11,14)15/h5,8H,4H2,1-3H3/t8?,10-,11+/m1/s1. The summed E-state index contributed by atoms with van der Waals surface area (Å²) in [7, 11) is 0. The Morgan fingerprint density at radius 2 is 2.11 bits per heavy atom. The molecule has 1 aliphatic carbocycles. The Morgan fingerprint density at radius 1 is 1.53 bits per heavy atom. The molecule has 19 heavy (non-hydrogen) atoms. The molecule has 1 unspecified atom stereocenters. The molecule has 0 aromatic carbocycles. The lowest BCUT2D eigenvalue weighted by molar-refractivity contribution is -0.210. The van der Waals surface area contributed by atoms with Gasteiger partial charge in [-0.2, -0.15) is 0 Å². The van der Waals surface area contributed by atoms with Crippen LogP contribution in [0.5, 0.6) is 0 Å². The molecular formula is C12H13Cl3O4. The first kappa shape index (κ1) is 14.9. The normalized spacial score (nSPS) is 39.6. The molecule has 0 saturated heterocycles.